The number of carbonyl (C=O) groups is 5. The number of amides is 4. The van der Waals surface area contributed by atoms with Gasteiger partial charge >= 0.3 is 0 Å². The number of carbonyl (C=O) groups excluding carboxylic acids is 5. The number of aldehydes is 1. The Balaban J connectivity index is 5.82. The van der Waals surface area contributed by atoms with Crippen molar-refractivity contribution in [3.63, 3.8) is 0 Å². The van der Waals surface area contributed by atoms with E-state index < -0.39 is 54.7 Å². The van der Waals surface area contributed by atoms with Crippen molar-refractivity contribution in [3.05, 3.63) is 0 Å². The molecule has 0 rings (SSSR count). The molecule has 0 spiro atoms. The summed E-state index contributed by atoms with van der Waals surface area (Å²) < 4.78 is 0. The van der Waals surface area contributed by atoms with Crippen molar-refractivity contribution in [2.24, 2.45) is 0 Å². The van der Waals surface area contributed by atoms with E-state index in [0.29, 0.717) is 35.8 Å². The fraction of sp³-hybridized carbons (Fsp3) is 0.773. The standard InChI is InChI=1S/C22H38N2O10/c1-5-9-17(28)23(18(29)10-6-2)33-14-16(27)22(21(32)15(26)13-25)34-24(19(30)11-7-3)20(31)12-8-4/h13,15-16,21-22,26-27,32H,5-12,14H2,1-4H3/t15-,16+,21+,22+/m0/s1. The van der Waals surface area contributed by atoms with Crippen LogP contribution < -0.4 is 0 Å². The molecule has 12 nitrogen and oxygen atoms in total. The molecule has 0 radical (unpaired) electrons. The van der Waals surface area contributed by atoms with E-state index in [2.05, 4.69) is 0 Å². The van der Waals surface area contributed by atoms with Crippen LogP contribution in [0.15, 0.2) is 0 Å². The third-order valence-electron chi connectivity index (χ3n) is 4.57. The van der Waals surface area contributed by atoms with Gasteiger partial charge in [-0.25, -0.2) is 0 Å². The van der Waals surface area contributed by atoms with Gasteiger partial charge in [-0.15, -0.1) is 0 Å². The summed E-state index contributed by atoms with van der Waals surface area (Å²) in [6.45, 7) is 6.06. The predicted octanol–water partition coefficient (Wildman–Crippen LogP) is 0.411. The van der Waals surface area contributed by atoms with Crippen molar-refractivity contribution in [2.75, 3.05) is 6.61 Å². The van der Waals surface area contributed by atoms with E-state index in [1.54, 1.807) is 27.7 Å². The number of aliphatic hydroxyl groups excluding tert-OH is 3. The minimum atomic E-state index is -2.06. The maximum atomic E-state index is 12.4. The predicted molar refractivity (Wildman–Crippen MR) is 118 cm³/mol. The molecule has 0 aromatic carbocycles. The lowest BCUT2D eigenvalue weighted by Crippen LogP contribution is -2.54. The number of hydroxylamine groups is 4. The van der Waals surface area contributed by atoms with Crippen molar-refractivity contribution in [1.29, 1.82) is 0 Å². The number of rotatable bonds is 17. The van der Waals surface area contributed by atoms with E-state index in [0.717, 1.165) is 0 Å². The number of imide groups is 2. The van der Waals surface area contributed by atoms with Gasteiger partial charge in [0, 0.05) is 25.7 Å². The second kappa shape index (κ2) is 17.2. The molecule has 0 saturated heterocycles. The first-order chi connectivity index (χ1) is 16.1. The van der Waals surface area contributed by atoms with Crippen molar-refractivity contribution in [2.45, 2.75) is 103 Å². The Labute approximate surface area is 199 Å². The summed E-state index contributed by atoms with van der Waals surface area (Å²) in [5, 5.41) is 31.7. The molecule has 196 valence electrons. The summed E-state index contributed by atoms with van der Waals surface area (Å²) in [4.78, 5) is 70.9. The molecule has 34 heavy (non-hydrogen) atoms. The van der Waals surface area contributed by atoms with E-state index in [1.165, 1.54) is 0 Å². The highest BCUT2D eigenvalue weighted by Crippen LogP contribution is 2.16. The number of nitrogens with zero attached hydrogens (tertiary/aromatic N) is 2. The fourth-order valence-corrected chi connectivity index (χ4v) is 2.80. The Morgan fingerprint density at radius 2 is 1.12 bits per heavy atom. The second-order valence-electron chi connectivity index (χ2n) is 7.71. The Morgan fingerprint density at radius 3 is 1.47 bits per heavy atom. The lowest BCUT2D eigenvalue weighted by Gasteiger charge is -2.33. The zero-order chi connectivity index (χ0) is 26.3. The lowest BCUT2D eigenvalue weighted by molar-refractivity contribution is -0.256. The summed E-state index contributed by atoms with van der Waals surface area (Å²) in [6, 6.07) is 0. The van der Waals surface area contributed by atoms with Gasteiger partial charge in [0.2, 0.25) is 0 Å². The van der Waals surface area contributed by atoms with Crippen LogP contribution in [0.25, 0.3) is 0 Å². The van der Waals surface area contributed by atoms with Gasteiger partial charge in [0.05, 0.1) is 0 Å². The first-order valence-electron chi connectivity index (χ1n) is 11.6. The molecule has 0 bridgehead atoms. The number of hydrogen-bond acceptors (Lipinski definition) is 10. The Bertz CT molecular complexity index is 636. The first kappa shape index (κ1) is 31.8. The van der Waals surface area contributed by atoms with Gasteiger partial charge in [-0.2, -0.15) is 10.1 Å². The summed E-state index contributed by atoms with van der Waals surface area (Å²) in [5.41, 5.74) is 0. The zero-order valence-corrected chi connectivity index (χ0v) is 20.3. The van der Waals surface area contributed by atoms with E-state index >= 15 is 0 Å². The van der Waals surface area contributed by atoms with Gasteiger partial charge in [-0.3, -0.25) is 28.9 Å². The number of aliphatic hydroxyl groups is 3. The Morgan fingerprint density at radius 1 is 0.735 bits per heavy atom. The van der Waals surface area contributed by atoms with Crippen LogP contribution >= 0.6 is 0 Å². The smallest absolute Gasteiger partial charge is 0.253 e. The molecular formula is C22H38N2O10. The van der Waals surface area contributed by atoms with Crippen LogP contribution in [0.1, 0.15) is 79.1 Å². The molecule has 0 aliphatic rings. The maximum absolute atomic E-state index is 12.4. The molecule has 0 aromatic rings. The maximum Gasteiger partial charge on any atom is 0.253 e. The van der Waals surface area contributed by atoms with Crippen molar-refractivity contribution in [1.82, 2.24) is 10.1 Å². The molecule has 0 aliphatic carbocycles. The van der Waals surface area contributed by atoms with Crippen molar-refractivity contribution in [3.8, 4) is 0 Å². The normalized spacial score (nSPS) is 14.6. The molecule has 0 unspecified atom stereocenters. The van der Waals surface area contributed by atoms with Crippen LogP contribution in [0.2, 0.25) is 0 Å². The van der Waals surface area contributed by atoms with Crippen LogP contribution in [0.4, 0.5) is 0 Å². The highest BCUT2D eigenvalue weighted by atomic mass is 16.7. The summed E-state index contributed by atoms with van der Waals surface area (Å²) in [5.74, 6) is -2.77. The van der Waals surface area contributed by atoms with Gasteiger partial charge in [-0.1, -0.05) is 27.7 Å². The summed E-state index contributed by atoms with van der Waals surface area (Å²) in [7, 11) is 0. The van der Waals surface area contributed by atoms with Crippen LogP contribution in [0, 0.1) is 0 Å². The van der Waals surface area contributed by atoms with Gasteiger partial charge < -0.3 is 20.1 Å². The molecule has 12 heteroatoms. The minimum absolute atomic E-state index is 0.00275. The van der Waals surface area contributed by atoms with Crippen molar-refractivity contribution < 1.29 is 49.0 Å². The van der Waals surface area contributed by atoms with E-state index in [9.17, 15) is 39.3 Å². The lowest BCUT2D eigenvalue weighted by atomic mass is 10.0. The largest absolute Gasteiger partial charge is 0.388 e. The fourth-order valence-electron chi connectivity index (χ4n) is 2.80. The Hall–Kier alpha value is -2.25. The molecule has 0 aliphatic heterocycles. The van der Waals surface area contributed by atoms with Crippen LogP contribution in [0.5, 0.6) is 0 Å². The van der Waals surface area contributed by atoms with E-state index in [4.69, 9.17) is 9.68 Å². The highest BCUT2D eigenvalue weighted by Gasteiger charge is 2.38. The van der Waals surface area contributed by atoms with E-state index in [1.807, 2.05) is 0 Å². The molecule has 0 fully saturated rings. The summed E-state index contributed by atoms with van der Waals surface area (Å²) >= 11 is 0. The summed E-state index contributed by atoms with van der Waals surface area (Å²) in [6.07, 6.45) is -6.36. The molecular weight excluding hydrogens is 452 g/mol. The zero-order valence-electron chi connectivity index (χ0n) is 20.3. The monoisotopic (exact) mass is 490 g/mol. The van der Waals surface area contributed by atoms with Gasteiger partial charge in [0.1, 0.15) is 31.0 Å². The third-order valence-corrected chi connectivity index (χ3v) is 4.57. The van der Waals surface area contributed by atoms with Crippen molar-refractivity contribution >= 4 is 29.9 Å². The van der Waals surface area contributed by atoms with Crippen LogP contribution in [-0.4, -0.2) is 86.4 Å². The van der Waals surface area contributed by atoms with Gasteiger partial charge in [0.25, 0.3) is 23.6 Å². The van der Waals surface area contributed by atoms with Crippen LogP contribution in [-0.2, 0) is 33.6 Å². The molecule has 0 heterocycles. The average molecular weight is 491 g/mol. The first-order valence-corrected chi connectivity index (χ1v) is 11.6. The van der Waals surface area contributed by atoms with Gasteiger partial charge in [0.15, 0.2) is 6.29 Å². The highest BCUT2D eigenvalue weighted by molar-refractivity contribution is 5.94. The molecule has 4 amide bonds. The van der Waals surface area contributed by atoms with Crippen LogP contribution in [0.3, 0.4) is 0 Å². The molecule has 4 atom stereocenters. The minimum Gasteiger partial charge on any atom is -0.388 e. The van der Waals surface area contributed by atoms with Gasteiger partial charge in [-0.05, 0) is 25.7 Å². The Kier molecular flexibility index (Phi) is 16.1. The third kappa shape index (κ3) is 10.3. The topological polar surface area (TPSA) is 171 Å². The molecule has 0 saturated carbocycles. The second-order valence-corrected chi connectivity index (χ2v) is 7.71. The molecule has 3 N–H and O–H groups in total. The SMILES string of the molecule is CCCC(=O)N(OC[C@@H](O)[C@@H](ON(C(=O)CCC)C(=O)CCC)[C@H](O)[C@@H](O)C=O)C(=O)CCC. The van der Waals surface area contributed by atoms with E-state index in [-0.39, 0.29) is 32.0 Å². The molecule has 0 aromatic heterocycles. The quantitative estimate of drug-likeness (QED) is 0.192. The average Bonchev–Trinajstić information content (AvgIpc) is 2.79. The number of hydrogen-bond donors (Lipinski definition) is 3.